The van der Waals surface area contributed by atoms with Crippen LogP contribution in [0.25, 0.3) is 0 Å². The summed E-state index contributed by atoms with van der Waals surface area (Å²) in [6.45, 7) is 2.75. The zero-order valence-corrected chi connectivity index (χ0v) is 11.4. The SMILES string of the molecule is COc1cc(C)c(CCCCN)c(Cl)c1OC. The molecule has 0 radical (unpaired) electrons. The average molecular weight is 258 g/mol. The Hall–Kier alpha value is -0.930. The molecule has 1 rings (SSSR count). The van der Waals surface area contributed by atoms with Crippen molar-refractivity contribution in [1.29, 1.82) is 0 Å². The van der Waals surface area contributed by atoms with Crippen molar-refractivity contribution >= 4 is 11.6 Å². The lowest BCUT2D eigenvalue weighted by atomic mass is 10.0. The number of hydrogen-bond donors (Lipinski definition) is 1. The second-order valence-electron chi connectivity index (χ2n) is 3.97. The summed E-state index contributed by atoms with van der Waals surface area (Å²) >= 11 is 6.34. The lowest BCUT2D eigenvalue weighted by molar-refractivity contribution is 0.354. The van der Waals surface area contributed by atoms with E-state index in [0.717, 1.165) is 30.4 Å². The van der Waals surface area contributed by atoms with Crippen LogP contribution < -0.4 is 15.2 Å². The molecule has 96 valence electrons. The first-order valence-corrected chi connectivity index (χ1v) is 6.13. The largest absolute Gasteiger partial charge is 0.493 e. The maximum atomic E-state index is 6.34. The smallest absolute Gasteiger partial charge is 0.179 e. The third-order valence-electron chi connectivity index (χ3n) is 2.82. The molecule has 0 fully saturated rings. The molecule has 1 aromatic carbocycles. The summed E-state index contributed by atoms with van der Waals surface area (Å²) in [7, 11) is 3.21. The van der Waals surface area contributed by atoms with E-state index >= 15 is 0 Å². The minimum Gasteiger partial charge on any atom is -0.493 e. The van der Waals surface area contributed by atoms with Crippen LogP contribution in [0, 0.1) is 6.92 Å². The molecule has 0 heterocycles. The van der Waals surface area contributed by atoms with Crippen LogP contribution in [0.1, 0.15) is 24.0 Å². The zero-order chi connectivity index (χ0) is 12.8. The number of ether oxygens (including phenoxy) is 2. The van der Waals surface area contributed by atoms with Crippen LogP contribution in [-0.2, 0) is 6.42 Å². The minimum absolute atomic E-state index is 0.613. The van der Waals surface area contributed by atoms with Gasteiger partial charge in [-0.15, -0.1) is 0 Å². The van der Waals surface area contributed by atoms with Crippen LogP contribution in [0.4, 0.5) is 0 Å². The molecular formula is C13H20ClNO2. The van der Waals surface area contributed by atoms with Crippen LogP contribution in [0.2, 0.25) is 5.02 Å². The predicted molar refractivity (Wildman–Crippen MR) is 71.3 cm³/mol. The molecule has 2 N–H and O–H groups in total. The first kappa shape index (κ1) is 14.1. The zero-order valence-electron chi connectivity index (χ0n) is 10.7. The highest BCUT2D eigenvalue weighted by Crippen LogP contribution is 2.39. The number of benzene rings is 1. The Bertz CT molecular complexity index is 380. The second-order valence-corrected chi connectivity index (χ2v) is 4.35. The molecule has 0 aromatic heterocycles. The molecule has 17 heavy (non-hydrogen) atoms. The van der Waals surface area contributed by atoms with E-state index in [1.54, 1.807) is 14.2 Å². The van der Waals surface area contributed by atoms with Gasteiger partial charge in [0.05, 0.1) is 19.2 Å². The summed E-state index contributed by atoms with van der Waals surface area (Å²) in [6.07, 6.45) is 2.96. The average Bonchev–Trinajstić information content (AvgIpc) is 2.32. The van der Waals surface area contributed by atoms with Crippen molar-refractivity contribution in [3.63, 3.8) is 0 Å². The van der Waals surface area contributed by atoms with Gasteiger partial charge in [0.15, 0.2) is 11.5 Å². The van der Waals surface area contributed by atoms with E-state index in [1.165, 1.54) is 0 Å². The van der Waals surface area contributed by atoms with Crippen LogP contribution >= 0.6 is 11.6 Å². The monoisotopic (exact) mass is 257 g/mol. The highest BCUT2D eigenvalue weighted by Gasteiger charge is 2.15. The van der Waals surface area contributed by atoms with Gasteiger partial charge in [-0.2, -0.15) is 0 Å². The van der Waals surface area contributed by atoms with Gasteiger partial charge in [0.1, 0.15) is 0 Å². The molecule has 4 heteroatoms. The first-order valence-electron chi connectivity index (χ1n) is 5.75. The Kier molecular flexibility index (Phi) is 5.59. The topological polar surface area (TPSA) is 44.5 Å². The van der Waals surface area contributed by atoms with E-state index in [9.17, 15) is 0 Å². The molecule has 0 saturated carbocycles. The number of unbranched alkanes of at least 4 members (excludes halogenated alkanes) is 1. The molecule has 0 atom stereocenters. The molecular weight excluding hydrogens is 238 g/mol. The molecule has 0 bridgehead atoms. The van der Waals surface area contributed by atoms with E-state index in [0.29, 0.717) is 23.1 Å². The van der Waals surface area contributed by atoms with Crippen molar-refractivity contribution in [3.05, 3.63) is 22.2 Å². The van der Waals surface area contributed by atoms with E-state index < -0.39 is 0 Å². The summed E-state index contributed by atoms with van der Waals surface area (Å²) in [5.74, 6) is 1.29. The fourth-order valence-corrected chi connectivity index (χ4v) is 2.28. The molecule has 0 aliphatic carbocycles. The number of hydrogen-bond acceptors (Lipinski definition) is 3. The van der Waals surface area contributed by atoms with Gasteiger partial charge in [0.2, 0.25) is 0 Å². The highest BCUT2D eigenvalue weighted by atomic mass is 35.5. The minimum atomic E-state index is 0.613. The summed E-state index contributed by atoms with van der Waals surface area (Å²) < 4.78 is 10.5. The van der Waals surface area contributed by atoms with Crippen molar-refractivity contribution in [1.82, 2.24) is 0 Å². The van der Waals surface area contributed by atoms with E-state index in [2.05, 4.69) is 0 Å². The van der Waals surface area contributed by atoms with Gasteiger partial charge in [0, 0.05) is 0 Å². The van der Waals surface area contributed by atoms with E-state index in [-0.39, 0.29) is 0 Å². The maximum absolute atomic E-state index is 6.34. The van der Waals surface area contributed by atoms with Crippen LogP contribution in [0.15, 0.2) is 6.07 Å². The van der Waals surface area contributed by atoms with Crippen molar-refractivity contribution in [2.24, 2.45) is 5.73 Å². The number of aryl methyl sites for hydroxylation is 1. The van der Waals surface area contributed by atoms with Gasteiger partial charge in [-0.25, -0.2) is 0 Å². The van der Waals surface area contributed by atoms with Gasteiger partial charge in [-0.1, -0.05) is 11.6 Å². The van der Waals surface area contributed by atoms with Gasteiger partial charge in [-0.05, 0) is 49.9 Å². The maximum Gasteiger partial charge on any atom is 0.179 e. The highest BCUT2D eigenvalue weighted by molar-refractivity contribution is 6.33. The van der Waals surface area contributed by atoms with Gasteiger partial charge < -0.3 is 15.2 Å². The Morgan fingerprint density at radius 3 is 2.47 bits per heavy atom. The molecule has 0 amide bonds. The van der Waals surface area contributed by atoms with Gasteiger partial charge in [-0.3, -0.25) is 0 Å². The summed E-state index contributed by atoms with van der Waals surface area (Å²) in [5, 5.41) is 0.654. The number of halogens is 1. The van der Waals surface area contributed by atoms with Gasteiger partial charge >= 0.3 is 0 Å². The molecule has 0 spiro atoms. The Balaban J connectivity index is 3.04. The number of nitrogens with two attached hydrogens (primary N) is 1. The quantitative estimate of drug-likeness (QED) is 0.797. The Morgan fingerprint density at radius 2 is 1.94 bits per heavy atom. The number of rotatable bonds is 6. The molecule has 0 aliphatic rings. The summed E-state index contributed by atoms with van der Waals surface area (Å²) in [6, 6.07) is 1.96. The third-order valence-corrected chi connectivity index (χ3v) is 3.22. The molecule has 0 saturated heterocycles. The van der Waals surface area contributed by atoms with Gasteiger partial charge in [0.25, 0.3) is 0 Å². The first-order chi connectivity index (χ1) is 8.15. The van der Waals surface area contributed by atoms with Crippen molar-refractivity contribution in [2.75, 3.05) is 20.8 Å². The van der Waals surface area contributed by atoms with Crippen molar-refractivity contribution in [2.45, 2.75) is 26.2 Å². The Morgan fingerprint density at radius 1 is 1.24 bits per heavy atom. The van der Waals surface area contributed by atoms with E-state index in [4.69, 9.17) is 26.8 Å². The van der Waals surface area contributed by atoms with Crippen LogP contribution in [0.5, 0.6) is 11.5 Å². The molecule has 0 unspecified atom stereocenters. The summed E-state index contributed by atoms with van der Waals surface area (Å²) in [5.41, 5.74) is 7.75. The summed E-state index contributed by atoms with van der Waals surface area (Å²) in [4.78, 5) is 0. The predicted octanol–water partition coefficient (Wildman–Crippen LogP) is 2.95. The lowest BCUT2D eigenvalue weighted by Crippen LogP contribution is -2.01. The van der Waals surface area contributed by atoms with Crippen LogP contribution in [-0.4, -0.2) is 20.8 Å². The molecule has 0 aliphatic heterocycles. The molecule has 3 nitrogen and oxygen atoms in total. The molecule has 1 aromatic rings. The van der Waals surface area contributed by atoms with Crippen molar-refractivity contribution < 1.29 is 9.47 Å². The van der Waals surface area contributed by atoms with E-state index in [1.807, 2.05) is 13.0 Å². The van der Waals surface area contributed by atoms with Crippen LogP contribution in [0.3, 0.4) is 0 Å². The second kappa shape index (κ2) is 6.72. The lowest BCUT2D eigenvalue weighted by Gasteiger charge is -2.15. The Labute approximate surface area is 108 Å². The third kappa shape index (κ3) is 3.27. The van der Waals surface area contributed by atoms with Crippen molar-refractivity contribution in [3.8, 4) is 11.5 Å². The normalized spacial score (nSPS) is 10.4. The fraction of sp³-hybridized carbons (Fsp3) is 0.538. The number of methoxy groups -OCH3 is 2. The standard InChI is InChI=1S/C13H20ClNO2/c1-9-8-11(16-2)13(17-3)12(14)10(9)6-4-5-7-15/h8H,4-7,15H2,1-3H3. The fourth-order valence-electron chi connectivity index (χ4n) is 1.86.